The number of rotatable bonds is 8. The molecule has 0 aliphatic carbocycles. The Bertz CT molecular complexity index is 353. The van der Waals surface area contributed by atoms with Gasteiger partial charge in [-0.15, -0.1) is 0 Å². The summed E-state index contributed by atoms with van der Waals surface area (Å²) in [5.74, 6) is -0.494. The zero-order valence-corrected chi connectivity index (χ0v) is 14.1. The van der Waals surface area contributed by atoms with Crippen LogP contribution in [-0.4, -0.2) is 37.5 Å². The summed E-state index contributed by atoms with van der Waals surface area (Å²) in [4.78, 5) is 0. The molecule has 2 saturated heterocycles. The highest BCUT2D eigenvalue weighted by atomic mass is 16.7. The molecule has 0 aromatic heterocycles. The molecule has 0 amide bonds. The quantitative estimate of drug-likeness (QED) is 0.497. The van der Waals surface area contributed by atoms with Crippen molar-refractivity contribution in [1.82, 2.24) is 0 Å². The average molecular weight is 314 g/mol. The lowest BCUT2D eigenvalue weighted by Crippen LogP contribution is -2.27. The molecule has 4 nitrogen and oxygen atoms in total. The second kappa shape index (κ2) is 9.02. The van der Waals surface area contributed by atoms with Crippen LogP contribution in [0.5, 0.6) is 0 Å². The average Bonchev–Trinajstić information content (AvgIpc) is 2.89. The first kappa shape index (κ1) is 16.4. The molecular weight excluding hydrogens is 280 g/mol. The molecular formula is C18H32O4. The van der Waals surface area contributed by atoms with Crippen LogP contribution in [0.4, 0.5) is 0 Å². The molecule has 4 heteroatoms. The molecule has 0 spiro atoms. The van der Waals surface area contributed by atoms with E-state index in [0.717, 1.165) is 45.1 Å². The van der Waals surface area contributed by atoms with Gasteiger partial charge in [-0.25, -0.2) is 0 Å². The van der Waals surface area contributed by atoms with E-state index in [4.69, 9.17) is 20.3 Å². The van der Waals surface area contributed by atoms with Gasteiger partial charge in [0.25, 0.3) is 0 Å². The van der Waals surface area contributed by atoms with Gasteiger partial charge in [-0.05, 0) is 39.5 Å². The molecule has 0 bridgehead atoms. The number of unbranched alkanes of at least 4 members (excludes halogenated alkanes) is 2. The molecule has 0 saturated carbocycles. The molecule has 0 aromatic rings. The van der Waals surface area contributed by atoms with Crippen molar-refractivity contribution in [1.29, 1.82) is 0 Å². The van der Waals surface area contributed by atoms with Crippen molar-refractivity contribution in [3.8, 4) is 0 Å². The van der Waals surface area contributed by atoms with Crippen LogP contribution in [0.15, 0.2) is 12.2 Å². The fourth-order valence-corrected chi connectivity index (χ4v) is 2.80. The lowest BCUT2D eigenvalue weighted by molar-refractivity contribution is -0.179. The van der Waals surface area contributed by atoms with Crippen LogP contribution in [0.25, 0.3) is 0 Å². The lowest BCUT2D eigenvalue weighted by atomic mass is 10.1. The van der Waals surface area contributed by atoms with Crippen LogP contribution in [-0.2, 0) is 18.9 Å². The Hall–Kier alpha value is -0.420. The Morgan fingerprint density at radius 1 is 1.36 bits per heavy atom. The number of ether oxygens (including phenoxy) is 4. The molecule has 3 atom stereocenters. The standard InChI is InChI=1S/C18H32O4/c1-4-5-6-9-15(21-17-10-7-8-13-19-17)11-12-16-14-20-18(2,3)22-16/h11-12,15-17H,4-10,13-14H2,1-3H3/b12-11+/t15?,16-,17?/m0/s1/i1T. The minimum Gasteiger partial charge on any atom is -0.353 e. The van der Waals surface area contributed by atoms with Crippen LogP contribution in [0.3, 0.4) is 0 Å². The van der Waals surface area contributed by atoms with E-state index in [-0.39, 0.29) is 18.5 Å². The van der Waals surface area contributed by atoms with Gasteiger partial charge in [0, 0.05) is 7.98 Å². The van der Waals surface area contributed by atoms with Crippen molar-refractivity contribution in [2.24, 2.45) is 0 Å². The Kier molecular flexibility index (Phi) is 6.74. The van der Waals surface area contributed by atoms with E-state index >= 15 is 0 Å². The van der Waals surface area contributed by atoms with Crippen LogP contribution in [0, 0.1) is 0 Å². The molecule has 0 radical (unpaired) electrons. The topological polar surface area (TPSA) is 36.9 Å². The summed E-state index contributed by atoms with van der Waals surface area (Å²) in [7, 11) is 0. The molecule has 0 aromatic carbocycles. The molecule has 2 heterocycles. The third-order valence-corrected chi connectivity index (χ3v) is 4.02. The summed E-state index contributed by atoms with van der Waals surface area (Å²) in [5.41, 5.74) is 0. The molecule has 2 unspecified atom stereocenters. The van der Waals surface area contributed by atoms with Gasteiger partial charge >= 0.3 is 0 Å². The first-order chi connectivity index (χ1) is 11.1. The first-order valence-corrected chi connectivity index (χ1v) is 8.65. The van der Waals surface area contributed by atoms with E-state index in [9.17, 15) is 0 Å². The fraction of sp³-hybridized carbons (Fsp3) is 0.889. The third-order valence-electron chi connectivity index (χ3n) is 4.02. The molecule has 22 heavy (non-hydrogen) atoms. The minimum atomic E-state index is -0.494. The summed E-state index contributed by atoms with van der Waals surface area (Å²) in [5, 5.41) is 0. The number of hydrogen-bond acceptors (Lipinski definition) is 4. The highest BCUT2D eigenvalue weighted by Crippen LogP contribution is 2.24. The third kappa shape index (κ3) is 6.37. The normalized spacial score (nSPS) is 30.5. The van der Waals surface area contributed by atoms with Crippen LogP contribution in [0.2, 0.25) is 0 Å². The van der Waals surface area contributed by atoms with Crippen molar-refractivity contribution in [2.45, 2.75) is 90.0 Å². The Morgan fingerprint density at radius 3 is 2.95 bits per heavy atom. The van der Waals surface area contributed by atoms with Gasteiger partial charge in [-0.1, -0.05) is 38.3 Å². The summed E-state index contributed by atoms with van der Waals surface area (Å²) < 4.78 is 30.5. The molecule has 2 fully saturated rings. The summed E-state index contributed by atoms with van der Waals surface area (Å²) in [6.45, 7) is 5.77. The maximum Gasteiger partial charge on any atom is 0.163 e. The highest BCUT2D eigenvalue weighted by molar-refractivity contribution is 4.97. The van der Waals surface area contributed by atoms with E-state index in [2.05, 4.69) is 12.2 Å². The van der Waals surface area contributed by atoms with Crippen molar-refractivity contribution in [3.05, 3.63) is 12.2 Å². The monoisotopic (exact) mass is 314 g/mol. The van der Waals surface area contributed by atoms with Gasteiger partial charge in [-0.2, -0.15) is 0 Å². The Labute approximate surface area is 136 Å². The van der Waals surface area contributed by atoms with Crippen molar-refractivity contribution < 1.29 is 20.3 Å². The van der Waals surface area contributed by atoms with Crippen molar-refractivity contribution in [3.63, 3.8) is 0 Å². The predicted octanol–water partition coefficient (Wildman–Crippen LogP) is 4.19. The second-order valence-electron chi connectivity index (χ2n) is 6.57. The maximum absolute atomic E-state index is 7.23. The van der Waals surface area contributed by atoms with Crippen molar-refractivity contribution in [2.75, 3.05) is 13.2 Å². The van der Waals surface area contributed by atoms with Crippen molar-refractivity contribution >= 4 is 0 Å². The van der Waals surface area contributed by atoms with Gasteiger partial charge in [0.1, 0.15) is 6.10 Å². The maximum atomic E-state index is 7.23. The van der Waals surface area contributed by atoms with Crippen LogP contribution < -0.4 is 0 Å². The van der Waals surface area contributed by atoms with E-state index in [1.165, 1.54) is 6.42 Å². The lowest BCUT2D eigenvalue weighted by Gasteiger charge is -2.26. The second-order valence-corrected chi connectivity index (χ2v) is 6.57. The van der Waals surface area contributed by atoms with Crippen LogP contribution >= 0.6 is 0 Å². The SMILES string of the molecule is [3H]CCCCCC(/C=C/[C@H]1COC(C)(C)O1)OC1CCCCO1. The molecule has 2 aliphatic heterocycles. The van der Waals surface area contributed by atoms with Gasteiger partial charge in [0.05, 0.1) is 12.7 Å². The van der Waals surface area contributed by atoms with E-state index in [1.54, 1.807) is 0 Å². The zero-order chi connectivity index (χ0) is 16.5. The first-order valence-electron chi connectivity index (χ1n) is 9.36. The van der Waals surface area contributed by atoms with Gasteiger partial charge in [-0.3, -0.25) is 0 Å². The summed E-state index contributed by atoms with van der Waals surface area (Å²) in [6, 6.07) is 0. The largest absolute Gasteiger partial charge is 0.353 e. The molecule has 0 N–H and O–H groups in total. The Balaban J connectivity index is 1.81. The van der Waals surface area contributed by atoms with E-state index in [0.29, 0.717) is 13.5 Å². The molecule has 2 aliphatic rings. The summed E-state index contributed by atoms with van der Waals surface area (Å²) >= 11 is 0. The molecule has 2 rings (SSSR count). The van der Waals surface area contributed by atoms with Gasteiger partial charge in [0.2, 0.25) is 0 Å². The fourth-order valence-electron chi connectivity index (χ4n) is 2.80. The number of hydrogen-bond donors (Lipinski definition) is 0. The van der Waals surface area contributed by atoms with Gasteiger partial charge < -0.3 is 18.9 Å². The Morgan fingerprint density at radius 2 is 2.27 bits per heavy atom. The minimum absolute atomic E-state index is 0.00313. The highest BCUT2D eigenvalue weighted by Gasteiger charge is 2.31. The molecule has 128 valence electrons. The van der Waals surface area contributed by atoms with E-state index in [1.807, 2.05) is 13.8 Å². The van der Waals surface area contributed by atoms with Gasteiger partial charge in [0.15, 0.2) is 12.1 Å². The van der Waals surface area contributed by atoms with Crippen LogP contribution in [0.1, 0.15) is 67.1 Å². The van der Waals surface area contributed by atoms with E-state index < -0.39 is 5.79 Å². The predicted molar refractivity (Wildman–Crippen MR) is 86.7 cm³/mol. The summed E-state index contributed by atoms with van der Waals surface area (Å²) in [6.07, 6.45) is 11.5. The zero-order valence-electron chi connectivity index (χ0n) is 15.1. The smallest absolute Gasteiger partial charge is 0.163 e.